The number of alkyl halides is 3. The van der Waals surface area contributed by atoms with E-state index in [1.807, 2.05) is 6.92 Å². The summed E-state index contributed by atoms with van der Waals surface area (Å²) in [5.74, 6) is 0.00490. The second-order valence-electron chi connectivity index (χ2n) is 4.07. The number of Topliss-reactive ketones (excluding diaryl/α,β-unsaturated/α-hetero) is 1. The minimum absolute atomic E-state index is 0.0345. The van der Waals surface area contributed by atoms with Crippen LogP contribution < -0.4 is 0 Å². The van der Waals surface area contributed by atoms with E-state index in [-0.39, 0.29) is 18.2 Å². The van der Waals surface area contributed by atoms with Gasteiger partial charge in [-0.3, -0.25) is 9.69 Å². The van der Waals surface area contributed by atoms with Gasteiger partial charge in [0, 0.05) is 5.92 Å². The molecule has 1 rings (SSSR count). The Hall–Kier alpha value is -0.580. The third kappa shape index (κ3) is 5.16. The first-order chi connectivity index (χ1) is 6.92. The normalized spacial score (nSPS) is 17.1. The Kier molecular flexibility index (Phi) is 4.13. The molecule has 0 radical (unpaired) electrons. The molecule has 0 spiro atoms. The lowest BCUT2D eigenvalue weighted by atomic mass is 10.2. The molecular formula is C10H16F3NO. The zero-order chi connectivity index (χ0) is 11.5. The number of hydrogen-bond acceptors (Lipinski definition) is 2. The monoisotopic (exact) mass is 223 g/mol. The lowest BCUT2D eigenvalue weighted by molar-refractivity contribution is -0.148. The Labute approximate surface area is 87.4 Å². The Morgan fingerprint density at radius 3 is 2.40 bits per heavy atom. The largest absolute Gasteiger partial charge is 0.401 e. The summed E-state index contributed by atoms with van der Waals surface area (Å²) >= 11 is 0. The summed E-state index contributed by atoms with van der Waals surface area (Å²) in [6.07, 6.45) is -1.87. The summed E-state index contributed by atoms with van der Waals surface area (Å²) in [4.78, 5) is 12.6. The van der Waals surface area contributed by atoms with Crippen LogP contribution in [0.3, 0.4) is 0 Å². The van der Waals surface area contributed by atoms with Gasteiger partial charge < -0.3 is 0 Å². The number of hydrogen-bond donors (Lipinski definition) is 0. The van der Waals surface area contributed by atoms with Gasteiger partial charge in [0.25, 0.3) is 0 Å². The standard InChI is InChI=1S/C10H16F3NO/c1-2-5-14(7-10(11,12)13)6-9(15)8-3-4-8/h8H,2-7H2,1H3. The van der Waals surface area contributed by atoms with Crippen molar-refractivity contribution in [2.45, 2.75) is 32.4 Å². The predicted molar refractivity (Wildman–Crippen MR) is 50.5 cm³/mol. The summed E-state index contributed by atoms with van der Waals surface area (Å²) in [5, 5.41) is 0. The molecule has 0 aliphatic heterocycles. The first-order valence-corrected chi connectivity index (χ1v) is 5.24. The zero-order valence-corrected chi connectivity index (χ0v) is 8.81. The highest BCUT2D eigenvalue weighted by atomic mass is 19.4. The highest BCUT2D eigenvalue weighted by molar-refractivity contribution is 5.84. The molecule has 0 atom stereocenters. The van der Waals surface area contributed by atoms with Gasteiger partial charge in [0.15, 0.2) is 0 Å². The van der Waals surface area contributed by atoms with E-state index in [2.05, 4.69) is 0 Å². The predicted octanol–water partition coefficient (Wildman–Crippen LogP) is 2.24. The van der Waals surface area contributed by atoms with Crippen LogP contribution in [0.5, 0.6) is 0 Å². The Bertz CT molecular complexity index is 223. The van der Waals surface area contributed by atoms with Crippen molar-refractivity contribution in [3.8, 4) is 0 Å². The third-order valence-electron chi connectivity index (χ3n) is 2.35. The average Bonchev–Trinajstić information content (AvgIpc) is 2.82. The van der Waals surface area contributed by atoms with Crippen molar-refractivity contribution >= 4 is 5.78 Å². The van der Waals surface area contributed by atoms with Crippen molar-refractivity contribution < 1.29 is 18.0 Å². The van der Waals surface area contributed by atoms with Crippen molar-refractivity contribution in [2.75, 3.05) is 19.6 Å². The van der Waals surface area contributed by atoms with Gasteiger partial charge in [-0.1, -0.05) is 6.92 Å². The first kappa shape index (κ1) is 12.5. The summed E-state index contributed by atoms with van der Waals surface area (Å²) < 4.78 is 36.4. The van der Waals surface area contributed by atoms with E-state index in [1.165, 1.54) is 4.90 Å². The van der Waals surface area contributed by atoms with Crippen LogP contribution in [0.1, 0.15) is 26.2 Å². The molecule has 0 heterocycles. The SMILES string of the molecule is CCCN(CC(=O)C1CC1)CC(F)(F)F. The Balaban J connectivity index is 2.38. The van der Waals surface area contributed by atoms with Crippen LogP contribution in [-0.4, -0.2) is 36.5 Å². The van der Waals surface area contributed by atoms with Gasteiger partial charge in [-0.15, -0.1) is 0 Å². The molecule has 5 heteroatoms. The number of nitrogens with zero attached hydrogens (tertiary/aromatic N) is 1. The quantitative estimate of drug-likeness (QED) is 0.688. The Morgan fingerprint density at radius 1 is 1.40 bits per heavy atom. The molecule has 0 aromatic heterocycles. The molecule has 0 amide bonds. The van der Waals surface area contributed by atoms with E-state index in [0.717, 1.165) is 12.8 Å². The lowest BCUT2D eigenvalue weighted by Gasteiger charge is -2.22. The lowest BCUT2D eigenvalue weighted by Crippen LogP contribution is -2.38. The highest BCUT2D eigenvalue weighted by Crippen LogP contribution is 2.30. The fourth-order valence-electron chi connectivity index (χ4n) is 1.54. The van der Waals surface area contributed by atoms with Gasteiger partial charge in [0.05, 0.1) is 13.1 Å². The van der Waals surface area contributed by atoms with Crippen molar-refractivity contribution in [1.29, 1.82) is 0 Å². The zero-order valence-electron chi connectivity index (χ0n) is 8.81. The number of halogens is 3. The van der Waals surface area contributed by atoms with Crippen molar-refractivity contribution in [3.05, 3.63) is 0 Å². The molecule has 1 saturated carbocycles. The second kappa shape index (κ2) is 4.96. The van der Waals surface area contributed by atoms with Crippen LogP contribution in [0.2, 0.25) is 0 Å². The summed E-state index contributed by atoms with van der Waals surface area (Å²) in [7, 11) is 0. The molecule has 0 aromatic rings. The number of carbonyl (C=O) groups excluding carboxylic acids is 1. The highest BCUT2D eigenvalue weighted by Gasteiger charge is 2.34. The average molecular weight is 223 g/mol. The van der Waals surface area contributed by atoms with Crippen molar-refractivity contribution in [1.82, 2.24) is 4.90 Å². The van der Waals surface area contributed by atoms with Crippen LogP contribution in [0.15, 0.2) is 0 Å². The molecule has 0 N–H and O–H groups in total. The molecule has 15 heavy (non-hydrogen) atoms. The van der Waals surface area contributed by atoms with Gasteiger partial charge in [0.2, 0.25) is 0 Å². The van der Waals surface area contributed by atoms with E-state index in [0.29, 0.717) is 13.0 Å². The molecule has 1 aliphatic rings. The van der Waals surface area contributed by atoms with Crippen molar-refractivity contribution in [3.63, 3.8) is 0 Å². The van der Waals surface area contributed by atoms with Crippen LogP contribution in [0, 0.1) is 5.92 Å². The fourth-order valence-corrected chi connectivity index (χ4v) is 1.54. The maximum Gasteiger partial charge on any atom is 0.401 e. The van der Waals surface area contributed by atoms with E-state index < -0.39 is 12.7 Å². The molecule has 1 aliphatic carbocycles. The van der Waals surface area contributed by atoms with E-state index >= 15 is 0 Å². The number of carbonyl (C=O) groups is 1. The maximum atomic E-state index is 12.1. The maximum absolute atomic E-state index is 12.1. The van der Waals surface area contributed by atoms with E-state index in [1.54, 1.807) is 0 Å². The third-order valence-corrected chi connectivity index (χ3v) is 2.35. The molecular weight excluding hydrogens is 207 g/mol. The van der Waals surface area contributed by atoms with Crippen LogP contribution in [0.4, 0.5) is 13.2 Å². The van der Waals surface area contributed by atoms with E-state index in [9.17, 15) is 18.0 Å². The van der Waals surface area contributed by atoms with E-state index in [4.69, 9.17) is 0 Å². The summed E-state index contributed by atoms with van der Waals surface area (Å²) in [5.41, 5.74) is 0. The first-order valence-electron chi connectivity index (χ1n) is 5.24. The van der Waals surface area contributed by atoms with Gasteiger partial charge in [-0.2, -0.15) is 13.2 Å². The summed E-state index contributed by atoms with van der Waals surface area (Å²) in [6.45, 7) is 1.13. The minimum Gasteiger partial charge on any atom is -0.298 e. The topological polar surface area (TPSA) is 20.3 Å². The van der Waals surface area contributed by atoms with Crippen LogP contribution in [0.25, 0.3) is 0 Å². The molecule has 1 fully saturated rings. The van der Waals surface area contributed by atoms with Gasteiger partial charge in [-0.25, -0.2) is 0 Å². The van der Waals surface area contributed by atoms with Crippen LogP contribution >= 0.6 is 0 Å². The molecule has 0 aromatic carbocycles. The molecule has 2 nitrogen and oxygen atoms in total. The molecule has 0 bridgehead atoms. The minimum atomic E-state index is -4.21. The van der Waals surface area contributed by atoms with Gasteiger partial charge >= 0.3 is 6.18 Å². The van der Waals surface area contributed by atoms with Gasteiger partial charge in [0.1, 0.15) is 5.78 Å². The fraction of sp³-hybridized carbons (Fsp3) is 0.900. The number of rotatable bonds is 6. The van der Waals surface area contributed by atoms with Crippen LogP contribution in [-0.2, 0) is 4.79 Å². The van der Waals surface area contributed by atoms with Crippen molar-refractivity contribution in [2.24, 2.45) is 5.92 Å². The molecule has 0 unspecified atom stereocenters. The summed E-state index contributed by atoms with van der Waals surface area (Å²) in [6, 6.07) is 0. The second-order valence-corrected chi connectivity index (χ2v) is 4.07. The molecule has 88 valence electrons. The number of ketones is 1. The smallest absolute Gasteiger partial charge is 0.298 e. The Morgan fingerprint density at radius 2 is 2.00 bits per heavy atom. The molecule has 0 saturated heterocycles. The van der Waals surface area contributed by atoms with Gasteiger partial charge in [-0.05, 0) is 25.8 Å².